The smallest absolute Gasteiger partial charge is 0.0502 e. The van der Waals surface area contributed by atoms with Gasteiger partial charge in [0.15, 0.2) is 0 Å². The van der Waals surface area contributed by atoms with Gasteiger partial charge in [0.2, 0.25) is 0 Å². The topological polar surface area (TPSA) is 21.3 Å². The third-order valence-electron chi connectivity index (χ3n) is 1.80. The quantitative estimate of drug-likeness (QED) is 0.590. The maximum Gasteiger partial charge on any atom is 0.0502 e. The van der Waals surface area contributed by atoms with Crippen molar-refractivity contribution in [1.29, 1.82) is 0 Å². The molecule has 1 N–H and O–H groups in total. The molecule has 1 atom stereocenters. The Bertz CT molecular complexity index is 66.6. The average Bonchev–Trinajstić information content (AvgIpc) is 1.91. The van der Waals surface area contributed by atoms with E-state index in [0.29, 0.717) is 0 Å². The highest BCUT2D eigenvalue weighted by Gasteiger charge is 2.11. The third-order valence-corrected chi connectivity index (χ3v) is 1.80. The van der Waals surface area contributed by atoms with E-state index in [1.165, 1.54) is 19.4 Å². The van der Waals surface area contributed by atoms with E-state index >= 15 is 0 Å². The number of hydrogen-bond donors (Lipinski definition) is 1. The minimum atomic E-state index is 0.767. The number of ether oxygens (including phenoxy) is 1. The van der Waals surface area contributed by atoms with Crippen molar-refractivity contribution in [2.24, 2.45) is 5.92 Å². The Labute approximate surface area is 56.6 Å². The molecule has 1 aliphatic heterocycles. The molecule has 1 saturated heterocycles. The fourth-order valence-corrected chi connectivity index (χ4v) is 1.30. The van der Waals surface area contributed by atoms with E-state index in [1.807, 2.05) is 0 Å². The molecule has 0 aromatic heterocycles. The first-order valence-corrected chi connectivity index (χ1v) is 3.63. The Balaban J connectivity index is 2.08. The van der Waals surface area contributed by atoms with Gasteiger partial charge >= 0.3 is 0 Å². The molecule has 1 fully saturated rings. The lowest BCUT2D eigenvalue weighted by Crippen LogP contribution is -2.31. The van der Waals surface area contributed by atoms with Crippen molar-refractivity contribution in [2.45, 2.75) is 12.8 Å². The van der Waals surface area contributed by atoms with Crippen molar-refractivity contribution in [1.82, 2.24) is 5.32 Å². The molecule has 0 aromatic carbocycles. The molecule has 1 heterocycles. The zero-order valence-electron chi connectivity index (χ0n) is 6.02. The summed E-state index contributed by atoms with van der Waals surface area (Å²) in [7, 11) is 1.77. The summed E-state index contributed by atoms with van der Waals surface area (Å²) in [5, 5.41) is 3.34. The maximum atomic E-state index is 5.04. The van der Waals surface area contributed by atoms with Crippen LogP contribution in [0.4, 0.5) is 0 Å². The highest BCUT2D eigenvalue weighted by Crippen LogP contribution is 2.08. The largest absolute Gasteiger partial charge is 0.384 e. The van der Waals surface area contributed by atoms with Gasteiger partial charge in [-0.15, -0.1) is 0 Å². The van der Waals surface area contributed by atoms with Gasteiger partial charge in [-0.2, -0.15) is 0 Å². The normalized spacial score (nSPS) is 28.3. The first kappa shape index (κ1) is 7.03. The van der Waals surface area contributed by atoms with E-state index in [2.05, 4.69) is 5.32 Å². The first-order chi connectivity index (χ1) is 4.43. The van der Waals surface area contributed by atoms with E-state index in [-0.39, 0.29) is 0 Å². The minimum Gasteiger partial charge on any atom is -0.384 e. The van der Waals surface area contributed by atoms with Gasteiger partial charge in [-0.3, -0.25) is 0 Å². The van der Waals surface area contributed by atoms with Crippen molar-refractivity contribution < 1.29 is 4.74 Å². The molecular formula is C7H15NO. The van der Waals surface area contributed by atoms with Crippen LogP contribution in [-0.4, -0.2) is 26.8 Å². The van der Waals surface area contributed by atoms with Gasteiger partial charge in [0.25, 0.3) is 0 Å². The predicted molar refractivity (Wildman–Crippen MR) is 37.5 cm³/mol. The van der Waals surface area contributed by atoms with Crippen LogP contribution in [0, 0.1) is 5.92 Å². The summed E-state index contributed by atoms with van der Waals surface area (Å²) in [6, 6.07) is 0. The van der Waals surface area contributed by atoms with Gasteiger partial charge in [-0.05, 0) is 25.3 Å². The Morgan fingerprint density at radius 3 is 3.11 bits per heavy atom. The zero-order chi connectivity index (χ0) is 6.53. The molecule has 0 aromatic rings. The van der Waals surface area contributed by atoms with Crippen molar-refractivity contribution in [3.8, 4) is 0 Å². The number of piperidine rings is 1. The molecule has 2 heteroatoms. The molecule has 2 nitrogen and oxygen atoms in total. The second-order valence-corrected chi connectivity index (χ2v) is 2.67. The lowest BCUT2D eigenvalue weighted by molar-refractivity contribution is 0.137. The molecule has 9 heavy (non-hydrogen) atoms. The molecule has 0 aliphatic carbocycles. The summed E-state index contributed by atoms with van der Waals surface area (Å²) in [4.78, 5) is 0. The zero-order valence-corrected chi connectivity index (χ0v) is 6.02. The van der Waals surface area contributed by atoms with Crippen molar-refractivity contribution in [3.63, 3.8) is 0 Å². The maximum absolute atomic E-state index is 5.04. The molecule has 1 rings (SSSR count). The summed E-state index contributed by atoms with van der Waals surface area (Å²) < 4.78 is 5.04. The molecule has 0 saturated carbocycles. The number of methoxy groups -OCH3 is 1. The Hall–Kier alpha value is -0.0800. The highest BCUT2D eigenvalue weighted by atomic mass is 16.5. The van der Waals surface area contributed by atoms with Crippen LogP contribution in [0.3, 0.4) is 0 Å². The van der Waals surface area contributed by atoms with Crippen molar-refractivity contribution in [2.75, 3.05) is 26.8 Å². The SMILES string of the molecule is COC[C@H]1CCCNC1. The minimum absolute atomic E-state index is 0.767. The fraction of sp³-hybridized carbons (Fsp3) is 1.00. The number of nitrogens with one attached hydrogen (secondary N) is 1. The van der Waals surface area contributed by atoms with E-state index in [4.69, 9.17) is 4.74 Å². The molecule has 0 bridgehead atoms. The van der Waals surface area contributed by atoms with Gasteiger partial charge in [0.05, 0.1) is 6.61 Å². The van der Waals surface area contributed by atoms with Crippen molar-refractivity contribution in [3.05, 3.63) is 0 Å². The van der Waals surface area contributed by atoms with Crippen LogP contribution in [-0.2, 0) is 4.74 Å². The standard InChI is InChI=1S/C7H15NO/c1-9-6-7-3-2-4-8-5-7/h7-8H,2-6H2,1H3/t7-/m0/s1. The Morgan fingerprint density at radius 1 is 1.67 bits per heavy atom. The van der Waals surface area contributed by atoms with Gasteiger partial charge in [0.1, 0.15) is 0 Å². The summed E-state index contributed by atoms with van der Waals surface area (Å²) in [5.74, 6) is 0.767. The second-order valence-electron chi connectivity index (χ2n) is 2.67. The second kappa shape index (κ2) is 3.85. The van der Waals surface area contributed by atoms with E-state index in [1.54, 1.807) is 7.11 Å². The van der Waals surface area contributed by atoms with E-state index < -0.39 is 0 Å². The van der Waals surface area contributed by atoms with Gasteiger partial charge in [0, 0.05) is 13.7 Å². The van der Waals surface area contributed by atoms with Crippen LogP contribution < -0.4 is 5.32 Å². The van der Waals surface area contributed by atoms with Crippen LogP contribution in [0.5, 0.6) is 0 Å². The van der Waals surface area contributed by atoms with Crippen LogP contribution in [0.1, 0.15) is 12.8 Å². The first-order valence-electron chi connectivity index (χ1n) is 3.63. The van der Waals surface area contributed by atoms with E-state index in [9.17, 15) is 0 Å². The molecule has 0 radical (unpaired) electrons. The van der Waals surface area contributed by atoms with Gasteiger partial charge in [-0.25, -0.2) is 0 Å². The molecule has 0 spiro atoms. The molecule has 54 valence electrons. The monoisotopic (exact) mass is 129 g/mol. The molecular weight excluding hydrogens is 114 g/mol. The van der Waals surface area contributed by atoms with Crippen LogP contribution in [0.15, 0.2) is 0 Å². The predicted octanol–water partition coefficient (Wildman–Crippen LogP) is 0.632. The molecule has 0 unspecified atom stereocenters. The Morgan fingerprint density at radius 2 is 2.56 bits per heavy atom. The summed E-state index contributed by atoms with van der Waals surface area (Å²) in [6.45, 7) is 3.26. The lowest BCUT2D eigenvalue weighted by atomic mass is 10.0. The number of rotatable bonds is 2. The summed E-state index contributed by atoms with van der Waals surface area (Å²) in [5.41, 5.74) is 0. The van der Waals surface area contributed by atoms with Crippen LogP contribution in [0.25, 0.3) is 0 Å². The number of hydrogen-bond acceptors (Lipinski definition) is 2. The Kier molecular flexibility index (Phi) is 3.01. The fourth-order valence-electron chi connectivity index (χ4n) is 1.30. The molecule has 1 aliphatic rings. The summed E-state index contributed by atoms with van der Waals surface area (Å²) >= 11 is 0. The summed E-state index contributed by atoms with van der Waals surface area (Å²) in [6.07, 6.45) is 2.65. The van der Waals surface area contributed by atoms with Gasteiger partial charge < -0.3 is 10.1 Å². The van der Waals surface area contributed by atoms with Gasteiger partial charge in [-0.1, -0.05) is 0 Å². The molecule has 0 amide bonds. The highest BCUT2D eigenvalue weighted by molar-refractivity contribution is 4.67. The van der Waals surface area contributed by atoms with Crippen LogP contribution in [0.2, 0.25) is 0 Å². The van der Waals surface area contributed by atoms with E-state index in [0.717, 1.165) is 19.1 Å². The lowest BCUT2D eigenvalue weighted by Gasteiger charge is -2.21. The third kappa shape index (κ3) is 2.33. The van der Waals surface area contributed by atoms with Crippen molar-refractivity contribution >= 4 is 0 Å². The average molecular weight is 129 g/mol. The van der Waals surface area contributed by atoms with Crippen LogP contribution >= 0.6 is 0 Å².